The second-order valence-corrected chi connectivity index (χ2v) is 5.92. The number of anilines is 1. The first-order valence-corrected chi connectivity index (χ1v) is 7.28. The summed E-state index contributed by atoms with van der Waals surface area (Å²) < 4.78 is 0. The summed E-state index contributed by atoms with van der Waals surface area (Å²) in [7, 11) is 0. The number of halogens is 1. The number of benzene rings is 1. The number of aliphatic carboxylic acids is 1. The van der Waals surface area contributed by atoms with Crippen LogP contribution in [-0.4, -0.2) is 17.9 Å². The van der Waals surface area contributed by atoms with Gasteiger partial charge in [-0.2, -0.15) is 0 Å². The molecule has 1 aliphatic heterocycles. The van der Waals surface area contributed by atoms with Gasteiger partial charge in [0, 0.05) is 17.4 Å². The molecule has 19 heavy (non-hydrogen) atoms. The summed E-state index contributed by atoms with van der Waals surface area (Å²) in [6.45, 7) is 3.21. The molecule has 5 heteroatoms. The maximum atomic E-state index is 10.3. The molecule has 1 unspecified atom stereocenters. The van der Waals surface area contributed by atoms with Gasteiger partial charge in [-0.1, -0.05) is 30.3 Å². The van der Waals surface area contributed by atoms with Crippen LogP contribution in [0.3, 0.4) is 0 Å². The molecule has 0 saturated carbocycles. The van der Waals surface area contributed by atoms with E-state index in [1.54, 1.807) is 0 Å². The third kappa shape index (κ3) is 4.56. The van der Waals surface area contributed by atoms with Crippen molar-refractivity contribution in [2.45, 2.75) is 42.9 Å². The zero-order valence-electron chi connectivity index (χ0n) is 11.0. The van der Waals surface area contributed by atoms with Crippen molar-refractivity contribution in [3.8, 4) is 0 Å². The molecule has 1 aliphatic rings. The molecule has 0 aromatic heterocycles. The maximum absolute atomic E-state index is 10.3. The predicted octanol–water partition coefficient (Wildman–Crippen LogP) is -0.741. The molecule has 0 aliphatic carbocycles. The summed E-state index contributed by atoms with van der Waals surface area (Å²) in [5.74, 6) is -0.939. The zero-order chi connectivity index (χ0) is 13.0. The number of carboxylic acids is 1. The Bertz CT molecular complexity index is 428. The molecule has 0 spiro atoms. The molecule has 0 bridgehead atoms. The van der Waals surface area contributed by atoms with Crippen LogP contribution in [0.2, 0.25) is 0 Å². The van der Waals surface area contributed by atoms with Crippen LogP contribution < -0.4 is 34.0 Å². The Morgan fingerprint density at radius 2 is 2.05 bits per heavy atom. The Hall–Kier alpha value is -0.430. The monoisotopic (exact) mass is 391 g/mol. The lowest BCUT2D eigenvalue weighted by Gasteiger charge is -2.23. The summed E-state index contributed by atoms with van der Waals surface area (Å²) in [6.07, 6.45) is 2.89. The number of carboxylic acid groups (broad SMARTS) is 1. The molecule has 1 aromatic carbocycles. The van der Waals surface area contributed by atoms with Crippen LogP contribution in [0, 0.1) is 0 Å². The van der Waals surface area contributed by atoms with E-state index in [0.29, 0.717) is 5.37 Å². The van der Waals surface area contributed by atoms with Crippen LogP contribution in [0.15, 0.2) is 29.2 Å². The minimum atomic E-state index is -0.939. The average Bonchev–Trinajstić information content (AvgIpc) is 2.65. The Balaban J connectivity index is 0.00000180. The fourth-order valence-electron chi connectivity index (χ4n) is 2.27. The number of nitrogens with zero attached hydrogens (tertiary/aromatic N) is 1. The van der Waals surface area contributed by atoms with Crippen LogP contribution in [0.1, 0.15) is 32.6 Å². The fourth-order valence-corrected chi connectivity index (χ4v) is 3.44. The highest BCUT2D eigenvalue weighted by Crippen LogP contribution is 2.42. The predicted molar refractivity (Wildman–Crippen MR) is 72.6 cm³/mol. The Morgan fingerprint density at radius 1 is 1.32 bits per heavy atom. The van der Waals surface area contributed by atoms with Crippen molar-refractivity contribution in [3.05, 3.63) is 24.3 Å². The topological polar surface area (TPSA) is 43.4 Å². The summed E-state index contributed by atoms with van der Waals surface area (Å²) in [5, 5.41) is 10.8. The zero-order valence-corrected chi connectivity index (χ0v) is 13.9. The summed E-state index contributed by atoms with van der Waals surface area (Å²) in [5.41, 5.74) is 1.31. The van der Waals surface area contributed by atoms with Gasteiger partial charge < -0.3 is 14.8 Å². The van der Waals surface area contributed by atoms with Gasteiger partial charge in [-0.25, -0.2) is 0 Å². The standard InChI is InChI=1S/C14H19NO2S.I/c1-11-15(10-6-2-3-9-14(16)17)12-7-4-5-8-13(12)18-11;/h4-5,7-8,11H,2-3,6,9-10H2,1H3,(H,16,17);/q;+1/p-1. The van der Waals surface area contributed by atoms with Crippen LogP contribution >= 0.6 is 11.8 Å². The van der Waals surface area contributed by atoms with Gasteiger partial charge in [-0.15, -0.1) is 0 Å². The first-order valence-electron chi connectivity index (χ1n) is 6.40. The Kier molecular flexibility index (Phi) is 6.99. The molecule has 0 saturated heterocycles. The fraction of sp³-hybridized carbons (Fsp3) is 0.500. The van der Waals surface area contributed by atoms with E-state index in [1.165, 1.54) is 10.6 Å². The lowest BCUT2D eigenvalue weighted by molar-refractivity contribution is -0.305. The lowest BCUT2D eigenvalue weighted by Crippen LogP contribution is -3.00. The highest BCUT2D eigenvalue weighted by molar-refractivity contribution is 8.00. The van der Waals surface area contributed by atoms with E-state index in [2.05, 4.69) is 36.1 Å². The van der Waals surface area contributed by atoms with Gasteiger partial charge in [0.1, 0.15) is 0 Å². The third-order valence-electron chi connectivity index (χ3n) is 3.19. The largest absolute Gasteiger partial charge is 1.00 e. The van der Waals surface area contributed by atoms with Crippen LogP contribution in [0.4, 0.5) is 5.69 Å². The average molecular weight is 391 g/mol. The Morgan fingerprint density at radius 3 is 2.79 bits per heavy atom. The number of para-hydroxylation sites is 1. The molecule has 1 atom stereocenters. The van der Waals surface area contributed by atoms with Crippen molar-refractivity contribution in [2.75, 3.05) is 11.4 Å². The number of thioether (sulfide) groups is 1. The highest BCUT2D eigenvalue weighted by atomic mass is 127. The van der Waals surface area contributed by atoms with E-state index in [4.69, 9.17) is 0 Å². The van der Waals surface area contributed by atoms with Crippen LogP contribution in [0.5, 0.6) is 0 Å². The molecule has 1 heterocycles. The van der Waals surface area contributed by atoms with E-state index in [9.17, 15) is 9.90 Å². The first-order chi connectivity index (χ1) is 8.68. The lowest BCUT2D eigenvalue weighted by atomic mass is 10.2. The molecular formula is C14H18INO2S. The molecule has 1 aromatic rings. The number of hydrogen-bond acceptors (Lipinski definition) is 4. The molecule has 2 rings (SSSR count). The molecule has 104 valence electrons. The number of fused-ring (bicyclic) bond motifs is 1. The normalized spacial score (nSPS) is 16.9. The van der Waals surface area contributed by atoms with Gasteiger partial charge in [0.25, 0.3) is 0 Å². The SMILES string of the molecule is CC1Sc2ccccc2N1CCCCCC(=O)[O-].[I+]. The minimum absolute atomic E-state index is 0. The molecule has 0 amide bonds. The van der Waals surface area contributed by atoms with Gasteiger partial charge in [-0.3, -0.25) is 0 Å². The minimum Gasteiger partial charge on any atom is -0.550 e. The van der Waals surface area contributed by atoms with E-state index in [0.717, 1.165) is 25.8 Å². The van der Waals surface area contributed by atoms with E-state index >= 15 is 0 Å². The van der Waals surface area contributed by atoms with E-state index in [1.807, 2.05) is 11.8 Å². The second kappa shape index (κ2) is 7.99. The summed E-state index contributed by atoms with van der Waals surface area (Å²) in [6, 6.07) is 8.46. The Labute approximate surface area is 135 Å². The molecule has 3 nitrogen and oxygen atoms in total. The van der Waals surface area contributed by atoms with Crippen molar-refractivity contribution in [2.24, 2.45) is 0 Å². The van der Waals surface area contributed by atoms with Crippen molar-refractivity contribution in [3.63, 3.8) is 0 Å². The summed E-state index contributed by atoms with van der Waals surface area (Å²) in [4.78, 5) is 14.1. The molecule has 2 radical (unpaired) electrons. The van der Waals surface area contributed by atoms with Crippen molar-refractivity contribution in [1.82, 2.24) is 0 Å². The highest BCUT2D eigenvalue weighted by Gasteiger charge is 2.25. The van der Waals surface area contributed by atoms with Crippen LogP contribution in [0.25, 0.3) is 0 Å². The van der Waals surface area contributed by atoms with Gasteiger partial charge in [0.05, 0.1) is 11.1 Å². The third-order valence-corrected chi connectivity index (χ3v) is 4.39. The number of carbonyl (C=O) groups is 1. The van der Waals surface area contributed by atoms with Crippen LogP contribution in [-0.2, 0) is 4.79 Å². The first kappa shape index (κ1) is 16.6. The van der Waals surface area contributed by atoms with Gasteiger partial charge >= 0.3 is 24.0 Å². The van der Waals surface area contributed by atoms with E-state index in [-0.39, 0.29) is 30.4 Å². The number of carbonyl (C=O) groups excluding carboxylic acids is 1. The molecule has 0 N–H and O–H groups in total. The molecular weight excluding hydrogens is 373 g/mol. The summed E-state index contributed by atoms with van der Waals surface area (Å²) >= 11 is 1.89. The molecule has 0 fully saturated rings. The van der Waals surface area contributed by atoms with E-state index < -0.39 is 5.97 Å². The smallest absolute Gasteiger partial charge is 0.550 e. The number of unbranched alkanes of at least 4 members (excludes halogenated alkanes) is 2. The van der Waals surface area contributed by atoms with Gasteiger partial charge in [0.2, 0.25) is 0 Å². The number of hydrogen-bond donors (Lipinski definition) is 0. The second-order valence-electron chi connectivity index (χ2n) is 4.56. The van der Waals surface area contributed by atoms with Gasteiger partial charge in [-0.05, 0) is 38.3 Å². The van der Waals surface area contributed by atoms with Crippen molar-refractivity contribution >= 4 is 23.4 Å². The van der Waals surface area contributed by atoms with Crippen molar-refractivity contribution in [1.29, 1.82) is 0 Å². The van der Waals surface area contributed by atoms with Crippen molar-refractivity contribution < 1.29 is 33.9 Å². The number of rotatable bonds is 6. The quantitative estimate of drug-likeness (QED) is 0.474. The van der Waals surface area contributed by atoms with Gasteiger partial charge in [0.15, 0.2) is 0 Å². The maximum Gasteiger partial charge on any atom is 1.00 e.